The second-order valence-corrected chi connectivity index (χ2v) is 10.4. The number of alkyl halides is 2. The zero-order valence-corrected chi connectivity index (χ0v) is 22.5. The van der Waals surface area contributed by atoms with Gasteiger partial charge in [0.15, 0.2) is 6.61 Å². The number of esters is 2. The summed E-state index contributed by atoms with van der Waals surface area (Å²) >= 11 is 0. The molecule has 1 aromatic heterocycles. The molecule has 2 rings (SSSR count). The lowest BCUT2D eigenvalue weighted by atomic mass is 9.76. The summed E-state index contributed by atoms with van der Waals surface area (Å²) in [5.74, 6) is -5.18. The highest BCUT2D eigenvalue weighted by atomic mass is 19.3. The lowest BCUT2D eigenvalue weighted by Gasteiger charge is -2.33. The fourth-order valence-corrected chi connectivity index (χ4v) is 3.68. The van der Waals surface area contributed by atoms with Crippen molar-refractivity contribution in [3.63, 3.8) is 0 Å². The molecule has 0 N–H and O–H groups in total. The Balaban J connectivity index is 2.25. The van der Waals surface area contributed by atoms with Gasteiger partial charge in [0.25, 0.3) is 5.92 Å². The second-order valence-electron chi connectivity index (χ2n) is 10.4. The third-order valence-electron chi connectivity index (χ3n) is 5.87. The van der Waals surface area contributed by atoms with Crippen LogP contribution in [0.25, 0.3) is 0 Å². The Morgan fingerprint density at radius 1 is 1.08 bits per heavy atom. The molecule has 0 bridgehead atoms. The van der Waals surface area contributed by atoms with E-state index in [-0.39, 0.29) is 24.2 Å². The third kappa shape index (κ3) is 8.65. The van der Waals surface area contributed by atoms with Gasteiger partial charge in [0, 0.05) is 25.6 Å². The minimum atomic E-state index is -3.29. The van der Waals surface area contributed by atoms with Crippen LogP contribution in [-0.2, 0) is 30.9 Å². The molecule has 8 nitrogen and oxygen atoms in total. The van der Waals surface area contributed by atoms with Gasteiger partial charge >= 0.3 is 11.9 Å². The Labute approximate surface area is 216 Å². The molecule has 1 aromatic carbocycles. The third-order valence-corrected chi connectivity index (χ3v) is 5.87. The van der Waals surface area contributed by atoms with E-state index >= 15 is 0 Å². The molecule has 37 heavy (non-hydrogen) atoms. The van der Waals surface area contributed by atoms with Crippen LogP contribution in [-0.4, -0.2) is 52.9 Å². The molecule has 0 aliphatic rings. The van der Waals surface area contributed by atoms with Crippen molar-refractivity contribution in [3.8, 4) is 5.88 Å². The monoisotopic (exact) mass is 522 g/mol. The average molecular weight is 523 g/mol. The smallest absolute Gasteiger partial charge is 0.316 e. The van der Waals surface area contributed by atoms with E-state index in [1.807, 2.05) is 0 Å². The van der Waals surface area contributed by atoms with Crippen molar-refractivity contribution in [2.24, 2.45) is 5.92 Å². The predicted molar refractivity (Wildman–Crippen MR) is 133 cm³/mol. The molecule has 2 atom stereocenters. The van der Waals surface area contributed by atoms with Crippen LogP contribution in [0.1, 0.15) is 70.3 Å². The van der Waals surface area contributed by atoms with Crippen molar-refractivity contribution >= 4 is 17.8 Å². The van der Waals surface area contributed by atoms with Crippen LogP contribution in [0.15, 0.2) is 36.5 Å². The molecule has 0 fully saturated rings. The number of benzene rings is 1. The van der Waals surface area contributed by atoms with E-state index in [1.54, 1.807) is 58.9 Å². The lowest BCUT2D eigenvalue weighted by Crippen LogP contribution is -2.41. The first-order chi connectivity index (χ1) is 17.1. The topological polar surface area (TPSA) is 96.7 Å². The van der Waals surface area contributed by atoms with Crippen LogP contribution in [0.2, 0.25) is 0 Å². The maximum atomic E-state index is 14.9. The summed E-state index contributed by atoms with van der Waals surface area (Å²) in [6.45, 7) is 8.76. The van der Waals surface area contributed by atoms with Crippen molar-refractivity contribution in [3.05, 3.63) is 47.7 Å². The number of halogens is 2. The minimum absolute atomic E-state index is 0.0998. The van der Waals surface area contributed by atoms with Crippen molar-refractivity contribution in [1.29, 1.82) is 0 Å². The normalized spacial score (nSPS) is 14.4. The molecule has 1 unspecified atom stereocenters. The molecule has 0 amide bonds. The van der Waals surface area contributed by atoms with Crippen molar-refractivity contribution in [2.45, 2.75) is 77.7 Å². The maximum absolute atomic E-state index is 14.9. The standard InChI is InChI=1S/C27H36F2N2O6/c1-18(23(33)35-7)15-20-9-8-10-21(16-20)26(6,24(34)37-25(3,4)5)12-13-27(28,29)17-36-22-11-14-31(30-22)19(2)32/h8-11,14,16,18H,12-13,15,17H2,1-7H3/t18-,26?/m1/s1. The fraction of sp³-hybridized carbons (Fsp3) is 0.556. The summed E-state index contributed by atoms with van der Waals surface area (Å²) in [4.78, 5) is 36.5. The molecular weight excluding hydrogens is 486 g/mol. The Bertz CT molecular complexity index is 1110. The molecule has 1 heterocycles. The number of rotatable bonds is 11. The summed E-state index contributed by atoms with van der Waals surface area (Å²) in [6, 6.07) is 8.29. The van der Waals surface area contributed by atoms with Gasteiger partial charge in [0.05, 0.1) is 18.4 Å². The van der Waals surface area contributed by atoms with Gasteiger partial charge in [-0.3, -0.25) is 14.4 Å². The first-order valence-electron chi connectivity index (χ1n) is 12.0. The number of aromatic nitrogens is 2. The SMILES string of the molecule is COC(=O)[C@H](C)Cc1cccc(C(C)(CCC(F)(F)COc2ccn(C(C)=O)n2)C(=O)OC(C)(C)C)c1. The fourth-order valence-electron chi connectivity index (χ4n) is 3.68. The van der Waals surface area contributed by atoms with Gasteiger partial charge in [-0.15, -0.1) is 5.10 Å². The quantitative estimate of drug-likeness (QED) is 0.384. The lowest BCUT2D eigenvalue weighted by molar-refractivity contribution is -0.162. The van der Waals surface area contributed by atoms with E-state index in [1.165, 1.54) is 26.3 Å². The Kier molecular flexibility index (Phi) is 9.57. The predicted octanol–water partition coefficient (Wildman–Crippen LogP) is 4.99. The van der Waals surface area contributed by atoms with Crippen LogP contribution in [0.3, 0.4) is 0 Å². The Morgan fingerprint density at radius 3 is 2.32 bits per heavy atom. The van der Waals surface area contributed by atoms with E-state index < -0.39 is 41.9 Å². The highest BCUT2D eigenvalue weighted by molar-refractivity contribution is 5.83. The molecule has 0 radical (unpaired) electrons. The number of ether oxygens (including phenoxy) is 3. The van der Waals surface area contributed by atoms with Crippen molar-refractivity contribution in [1.82, 2.24) is 9.78 Å². The van der Waals surface area contributed by atoms with Gasteiger partial charge in [-0.2, -0.15) is 0 Å². The Hall–Kier alpha value is -3.30. The minimum Gasteiger partial charge on any atom is -0.470 e. The molecule has 10 heteroatoms. The highest BCUT2D eigenvalue weighted by Gasteiger charge is 2.42. The number of hydrogen-bond donors (Lipinski definition) is 0. The van der Waals surface area contributed by atoms with Crippen molar-refractivity contribution < 1.29 is 37.4 Å². The van der Waals surface area contributed by atoms with E-state index in [9.17, 15) is 23.2 Å². The first-order valence-corrected chi connectivity index (χ1v) is 12.0. The van der Waals surface area contributed by atoms with Gasteiger partial charge < -0.3 is 14.2 Å². The summed E-state index contributed by atoms with van der Waals surface area (Å²) in [5, 5.41) is 3.79. The van der Waals surface area contributed by atoms with Crippen LogP contribution in [0, 0.1) is 5.92 Å². The van der Waals surface area contributed by atoms with Crippen LogP contribution < -0.4 is 4.74 Å². The molecule has 0 saturated carbocycles. The number of nitrogens with zero attached hydrogens (tertiary/aromatic N) is 2. The number of methoxy groups -OCH3 is 1. The molecule has 2 aromatic rings. The second kappa shape index (κ2) is 11.8. The van der Waals surface area contributed by atoms with Crippen LogP contribution in [0.4, 0.5) is 8.78 Å². The first kappa shape index (κ1) is 29.9. The number of carbonyl (C=O) groups excluding carboxylic acids is 3. The summed E-state index contributed by atoms with van der Waals surface area (Å²) < 4.78 is 46.3. The largest absolute Gasteiger partial charge is 0.470 e. The molecule has 204 valence electrons. The molecular formula is C27H36F2N2O6. The van der Waals surface area contributed by atoms with Crippen LogP contribution >= 0.6 is 0 Å². The highest BCUT2D eigenvalue weighted by Crippen LogP contribution is 2.36. The zero-order chi connectivity index (χ0) is 28.0. The molecule has 0 saturated heterocycles. The molecule has 0 aliphatic carbocycles. The van der Waals surface area contributed by atoms with E-state index in [0.717, 1.165) is 10.2 Å². The summed E-state index contributed by atoms with van der Waals surface area (Å²) in [7, 11) is 1.31. The van der Waals surface area contributed by atoms with Gasteiger partial charge in [-0.05, 0) is 51.7 Å². The van der Waals surface area contributed by atoms with E-state index in [0.29, 0.717) is 12.0 Å². The van der Waals surface area contributed by atoms with Crippen molar-refractivity contribution in [2.75, 3.05) is 13.7 Å². The van der Waals surface area contributed by atoms with Gasteiger partial charge in [0.2, 0.25) is 11.8 Å². The number of hydrogen-bond acceptors (Lipinski definition) is 7. The van der Waals surface area contributed by atoms with E-state index in [4.69, 9.17) is 14.2 Å². The Morgan fingerprint density at radius 2 is 1.76 bits per heavy atom. The summed E-state index contributed by atoms with van der Waals surface area (Å²) in [5.41, 5.74) is -0.942. The van der Waals surface area contributed by atoms with E-state index in [2.05, 4.69) is 5.10 Å². The number of carbonyl (C=O) groups is 3. The molecule has 0 aliphatic heterocycles. The zero-order valence-electron chi connectivity index (χ0n) is 22.5. The van der Waals surface area contributed by atoms with Crippen LogP contribution in [0.5, 0.6) is 5.88 Å². The average Bonchev–Trinajstić information content (AvgIpc) is 3.29. The maximum Gasteiger partial charge on any atom is 0.316 e. The van der Waals surface area contributed by atoms with Gasteiger partial charge in [-0.1, -0.05) is 31.2 Å². The van der Waals surface area contributed by atoms with Gasteiger partial charge in [-0.25, -0.2) is 13.5 Å². The van der Waals surface area contributed by atoms with Gasteiger partial charge in [0.1, 0.15) is 5.60 Å². The molecule has 0 spiro atoms. The summed E-state index contributed by atoms with van der Waals surface area (Å²) in [6.07, 6.45) is 0.792.